The molecule has 1 nitrogen and oxygen atoms in total. The quantitative estimate of drug-likeness (QED) is 0.849. The molecule has 0 aromatic heterocycles. The van der Waals surface area contributed by atoms with E-state index in [1.54, 1.807) is 0 Å². The van der Waals surface area contributed by atoms with Crippen molar-refractivity contribution in [2.75, 3.05) is 6.54 Å². The van der Waals surface area contributed by atoms with Crippen molar-refractivity contribution < 1.29 is 0 Å². The van der Waals surface area contributed by atoms with Crippen molar-refractivity contribution >= 4 is 27.5 Å². The van der Waals surface area contributed by atoms with E-state index in [0.717, 1.165) is 28.9 Å². The zero-order chi connectivity index (χ0) is 13.2. The van der Waals surface area contributed by atoms with E-state index >= 15 is 0 Å². The van der Waals surface area contributed by atoms with Gasteiger partial charge < -0.3 is 5.32 Å². The van der Waals surface area contributed by atoms with Gasteiger partial charge in [0.2, 0.25) is 0 Å². The molecule has 1 aliphatic rings. The Morgan fingerprint density at radius 1 is 1.21 bits per heavy atom. The Morgan fingerprint density at radius 3 is 2.89 bits per heavy atom. The lowest BCUT2D eigenvalue weighted by Crippen LogP contribution is -2.31. The average Bonchev–Trinajstić information content (AvgIpc) is 2.42. The van der Waals surface area contributed by atoms with Gasteiger partial charge in [0.05, 0.1) is 0 Å². The number of benzene rings is 2. The van der Waals surface area contributed by atoms with E-state index in [9.17, 15) is 0 Å². The molecule has 1 N–H and O–H groups in total. The molecule has 2 aromatic rings. The van der Waals surface area contributed by atoms with Gasteiger partial charge in [-0.05, 0) is 48.2 Å². The molecule has 0 radical (unpaired) electrons. The van der Waals surface area contributed by atoms with Crippen LogP contribution in [0, 0.1) is 0 Å². The summed E-state index contributed by atoms with van der Waals surface area (Å²) in [7, 11) is 0. The van der Waals surface area contributed by atoms with Gasteiger partial charge in [-0.3, -0.25) is 0 Å². The minimum absolute atomic E-state index is 0.364. The fourth-order valence-electron chi connectivity index (χ4n) is 2.68. The summed E-state index contributed by atoms with van der Waals surface area (Å²) in [4.78, 5) is 0. The number of fused-ring (bicyclic) bond motifs is 1. The van der Waals surface area contributed by atoms with Crippen molar-refractivity contribution in [3.05, 3.63) is 68.7 Å². The molecule has 1 unspecified atom stereocenters. The van der Waals surface area contributed by atoms with Crippen LogP contribution in [0.15, 0.2) is 46.9 Å². The first-order chi connectivity index (χ1) is 9.24. The van der Waals surface area contributed by atoms with Crippen LogP contribution in [-0.2, 0) is 12.8 Å². The summed E-state index contributed by atoms with van der Waals surface area (Å²) < 4.78 is 1.03. The Kier molecular flexibility index (Phi) is 3.92. The van der Waals surface area contributed by atoms with E-state index in [-0.39, 0.29) is 0 Å². The summed E-state index contributed by atoms with van der Waals surface area (Å²) in [5, 5.41) is 4.43. The smallest absolute Gasteiger partial charge is 0.0449 e. The Hall–Kier alpha value is -0.830. The Balaban J connectivity index is 1.88. The molecule has 1 heterocycles. The number of hydrogen-bond acceptors (Lipinski definition) is 1. The molecule has 0 fully saturated rings. The van der Waals surface area contributed by atoms with Gasteiger partial charge in [0.25, 0.3) is 0 Å². The number of rotatable bonds is 2. The lowest BCUT2D eigenvalue weighted by molar-refractivity contribution is 0.502. The normalized spacial score (nSPS) is 18.1. The van der Waals surface area contributed by atoms with Gasteiger partial charge in [0.15, 0.2) is 0 Å². The first-order valence-corrected chi connectivity index (χ1v) is 7.66. The van der Waals surface area contributed by atoms with Crippen molar-refractivity contribution in [2.45, 2.75) is 18.9 Å². The second-order valence-electron chi connectivity index (χ2n) is 4.90. The van der Waals surface area contributed by atoms with Crippen LogP contribution in [0.25, 0.3) is 0 Å². The second-order valence-corrected chi connectivity index (χ2v) is 6.22. The van der Waals surface area contributed by atoms with E-state index in [2.05, 4.69) is 57.6 Å². The van der Waals surface area contributed by atoms with Crippen LogP contribution in [0.2, 0.25) is 5.02 Å². The second kappa shape index (κ2) is 5.66. The minimum Gasteiger partial charge on any atom is -0.309 e. The van der Waals surface area contributed by atoms with Crippen LogP contribution in [0.1, 0.15) is 22.7 Å². The van der Waals surface area contributed by atoms with Crippen molar-refractivity contribution in [3.63, 3.8) is 0 Å². The standard InChI is InChI=1S/C16H15BrClN/c17-13-6-5-12(15(18)10-13)9-16-14-4-2-1-3-11(14)7-8-19-16/h1-6,10,16,19H,7-9H2. The van der Waals surface area contributed by atoms with Gasteiger partial charge in [0, 0.05) is 15.5 Å². The van der Waals surface area contributed by atoms with Crippen molar-refractivity contribution in [3.8, 4) is 0 Å². The minimum atomic E-state index is 0.364. The highest BCUT2D eigenvalue weighted by Crippen LogP contribution is 2.29. The summed E-state index contributed by atoms with van der Waals surface area (Å²) in [6, 6.07) is 15.2. The molecule has 98 valence electrons. The molecule has 19 heavy (non-hydrogen) atoms. The van der Waals surface area contributed by atoms with Crippen LogP contribution in [0.5, 0.6) is 0 Å². The van der Waals surface area contributed by atoms with Crippen LogP contribution in [0.4, 0.5) is 0 Å². The monoisotopic (exact) mass is 335 g/mol. The van der Waals surface area contributed by atoms with Gasteiger partial charge in [-0.15, -0.1) is 0 Å². The predicted octanol–water partition coefficient (Wildman–Crippen LogP) is 4.53. The maximum Gasteiger partial charge on any atom is 0.0449 e. The largest absolute Gasteiger partial charge is 0.309 e. The van der Waals surface area contributed by atoms with Crippen molar-refractivity contribution in [1.82, 2.24) is 5.32 Å². The molecule has 1 aliphatic heterocycles. The molecule has 2 aromatic carbocycles. The van der Waals surface area contributed by atoms with Gasteiger partial charge in [0.1, 0.15) is 0 Å². The summed E-state index contributed by atoms with van der Waals surface area (Å²) in [5.41, 5.74) is 4.06. The molecule has 0 aliphatic carbocycles. The van der Waals surface area contributed by atoms with E-state index in [1.165, 1.54) is 16.7 Å². The Labute approximate surface area is 127 Å². The fourth-order valence-corrected chi connectivity index (χ4v) is 3.43. The van der Waals surface area contributed by atoms with E-state index < -0.39 is 0 Å². The first kappa shape index (κ1) is 13.2. The highest BCUT2D eigenvalue weighted by molar-refractivity contribution is 9.10. The van der Waals surface area contributed by atoms with Gasteiger partial charge >= 0.3 is 0 Å². The molecule has 0 saturated heterocycles. The molecule has 0 bridgehead atoms. The average molecular weight is 337 g/mol. The zero-order valence-electron chi connectivity index (χ0n) is 10.5. The molecule has 0 spiro atoms. The summed E-state index contributed by atoms with van der Waals surface area (Å²) in [6.45, 7) is 1.04. The maximum atomic E-state index is 6.32. The summed E-state index contributed by atoms with van der Waals surface area (Å²) in [6.07, 6.45) is 2.05. The van der Waals surface area contributed by atoms with Crippen LogP contribution < -0.4 is 5.32 Å². The lowest BCUT2D eigenvalue weighted by atomic mass is 9.90. The van der Waals surface area contributed by atoms with Crippen LogP contribution >= 0.6 is 27.5 Å². The maximum absolute atomic E-state index is 6.32. The Bertz CT molecular complexity index is 597. The topological polar surface area (TPSA) is 12.0 Å². The molecule has 1 atom stereocenters. The number of halogens is 2. The molecule has 0 amide bonds. The van der Waals surface area contributed by atoms with Gasteiger partial charge in [-0.25, -0.2) is 0 Å². The van der Waals surface area contributed by atoms with E-state index in [1.807, 2.05) is 6.07 Å². The van der Waals surface area contributed by atoms with E-state index in [4.69, 9.17) is 11.6 Å². The SMILES string of the molecule is Clc1cc(Br)ccc1CC1NCCc2ccccc21. The van der Waals surface area contributed by atoms with E-state index in [0.29, 0.717) is 6.04 Å². The molecule has 0 saturated carbocycles. The third-order valence-corrected chi connectivity index (χ3v) is 4.50. The highest BCUT2D eigenvalue weighted by Gasteiger charge is 2.20. The fraction of sp³-hybridized carbons (Fsp3) is 0.250. The van der Waals surface area contributed by atoms with Crippen molar-refractivity contribution in [1.29, 1.82) is 0 Å². The number of nitrogens with one attached hydrogen (secondary N) is 1. The molecule has 3 heteroatoms. The predicted molar refractivity (Wildman–Crippen MR) is 83.7 cm³/mol. The third-order valence-electron chi connectivity index (χ3n) is 3.65. The van der Waals surface area contributed by atoms with Crippen LogP contribution in [0.3, 0.4) is 0 Å². The van der Waals surface area contributed by atoms with Crippen LogP contribution in [-0.4, -0.2) is 6.54 Å². The molecular weight excluding hydrogens is 322 g/mol. The molecular formula is C16H15BrClN. The zero-order valence-corrected chi connectivity index (χ0v) is 12.8. The lowest BCUT2D eigenvalue weighted by Gasteiger charge is -2.27. The summed E-state index contributed by atoms with van der Waals surface area (Å²) in [5.74, 6) is 0. The molecule has 3 rings (SSSR count). The number of hydrogen-bond donors (Lipinski definition) is 1. The van der Waals surface area contributed by atoms with Gasteiger partial charge in [-0.1, -0.05) is 57.9 Å². The highest BCUT2D eigenvalue weighted by atomic mass is 79.9. The van der Waals surface area contributed by atoms with Gasteiger partial charge in [-0.2, -0.15) is 0 Å². The Morgan fingerprint density at radius 2 is 2.05 bits per heavy atom. The first-order valence-electron chi connectivity index (χ1n) is 6.49. The third kappa shape index (κ3) is 2.86. The van der Waals surface area contributed by atoms with Crippen molar-refractivity contribution in [2.24, 2.45) is 0 Å². The summed E-state index contributed by atoms with van der Waals surface area (Å²) >= 11 is 9.77.